The van der Waals surface area contributed by atoms with E-state index in [9.17, 15) is 0 Å². The number of hydrogen-bond acceptors (Lipinski definition) is 3. The van der Waals surface area contributed by atoms with Crippen LogP contribution in [0.15, 0.2) is 36.5 Å². The van der Waals surface area contributed by atoms with Gasteiger partial charge in [-0.05, 0) is 31.7 Å². The summed E-state index contributed by atoms with van der Waals surface area (Å²) in [7, 11) is 1.66. The number of rotatable bonds is 7. The molecule has 4 heteroatoms. The average molecular weight is 273 g/mol. The zero-order valence-electron chi connectivity index (χ0n) is 12.2. The molecule has 1 atom stereocenters. The van der Waals surface area contributed by atoms with Gasteiger partial charge in [-0.25, -0.2) is 0 Å². The molecule has 1 aromatic heterocycles. The molecule has 2 rings (SSSR count). The number of nitrogens with zero attached hydrogens (tertiary/aromatic N) is 2. The number of ether oxygens (including phenoxy) is 1. The Morgan fingerprint density at radius 2 is 2.05 bits per heavy atom. The number of aryl methyl sites for hydroxylation is 2. The van der Waals surface area contributed by atoms with Crippen LogP contribution in [0.5, 0.6) is 5.75 Å². The van der Waals surface area contributed by atoms with Gasteiger partial charge < -0.3 is 10.5 Å². The Morgan fingerprint density at radius 3 is 2.70 bits per heavy atom. The van der Waals surface area contributed by atoms with Crippen LogP contribution in [0, 0.1) is 0 Å². The second-order valence-corrected chi connectivity index (χ2v) is 4.90. The highest BCUT2D eigenvalue weighted by atomic mass is 16.5. The quantitative estimate of drug-likeness (QED) is 0.844. The summed E-state index contributed by atoms with van der Waals surface area (Å²) in [5.41, 5.74) is 8.68. The maximum Gasteiger partial charge on any atom is 0.161 e. The number of methoxy groups -OCH3 is 1. The van der Waals surface area contributed by atoms with Crippen LogP contribution >= 0.6 is 0 Å². The van der Waals surface area contributed by atoms with E-state index in [-0.39, 0.29) is 6.04 Å². The molecule has 1 unspecified atom stereocenters. The van der Waals surface area contributed by atoms with Gasteiger partial charge in [0.1, 0.15) is 0 Å². The van der Waals surface area contributed by atoms with Gasteiger partial charge in [0.25, 0.3) is 0 Å². The molecule has 0 aliphatic heterocycles. The second kappa shape index (κ2) is 7.10. The van der Waals surface area contributed by atoms with E-state index in [1.807, 2.05) is 10.7 Å². The number of benzene rings is 1. The van der Waals surface area contributed by atoms with Crippen LogP contribution in [0.2, 0.25) is 0 Å². The molecule has 0 spiro atoms. The third-order valence-electron chi connectivity index (χ3n) is 3.54. The summed E-state index contributed by atoms with van der Waals surface area (Å²) in [5, 5.41) is 4.30. The smallest absolute Gasteiger partial charge is 0.161 e. The Hall–Kier alpha value is -1.81. The van der Waals surface area contributed by atoms with Gasteiger partial charge in [-0.3, -0.25) is 4.68 Å². The third-order valence-corrected chi connectivity index (χ3v) is 3.54. The highest BCUT2D eigenvalue weighted by Gasteiger charge is 2.17. The van der Waals surface area contributed by atoms with Crippen LogP contribution in [0.4, 0.5) is 0 Å². The van der Waals surface area contributed by atoms with Crippen LogP contribution < -0.4 is 10.5 Å². The first kappa shape index (κ1) is 14.6. The lowest BCUT2D eigenvalue weighted by Gasteiger charge is -2.15. The van der Waals surface area contributed by atoms with Crippen molar-refractivity contribution in [2.24, 2.45) is 5.73 Å². The zero-order chi connectivity index (χ0) is 14.4. The van der Waals surface area contributed by atoms with Crippen LogP contribution in [-0.2, 0) is 13.0 Å². The van der Waals surface area contributed by atoms with Gasteiger partial charge in [0, 0.05) is 6.54 Å². The molecule has 0 fully saturated rings. The molecule has 2 N–H and O–H groups in total. The summed E-state index contributed by atoms with van der Waals surface area (Å²) < 4.78 is 7.27. The summed E-state index contributed by atoms with van der Waals surface area (Å²) in [6.07, 6.45) is 4.78. The molecule has 1 heterocycles. The fourth-order valence-corrected chi connectivity index (χ4v) is 2.47. The Kier molecular flexibility index (Phi) is 5.18. The summed E-state index contributed by atoms with van der Waals surface area (Å²) in [6.45, 7) is 2.87. The zero-order valence-corrected chi connectivity index (χ0v) is 12.2. The van der Waals surface area contributed by atoms with E-state index in [0.717, 1.165) is 37.3 Å². The maximum absolute atomic E-state index is 6.32. The van der Waals surface area contributed by atoms with Gasteiger partial charge in [0.05, 0.1) is 25.0 Å². The number of nitrogens with two attached hydrogens (primary N) is 1. The topological polar surface area (TPSA) is 53.1 Å². The largest absolute Gasteiger partial charge is 0.493 e. The van der Waals surface area contributed by atoms with Crippen molar-refractivity contribution in [2.45, 2.75) is 38.8 Å². The number of aromatic nitrogens is 2. The fraction of sp³-hybridized carbons (Fsp3) is 0.438. The first-order chi connectivity index (χ1) is 9.76. The summed E-state index contributed by atoms with van der Waals surface area (Å²) in [6, 6.07) is 10.5. The first-order valence-electron chi connectivity index (χ1n) is 7.15. The van der Waals surface area contributed by atoms with Crippen molar-refractivity contribution in [3.8, 4) is 5.75 Å². The van der Waals surface area contributed by atoms with Crippen molar-refractivity contribution in [3.05, 3.63) is 47.8 Å². The van der Waals surface area contributed by atoms with Crippen molar-refractivity contribution in [2.75, 3.05) is 7.11 Å². The van der Waals surface area contributed by atoms with Crippen molar-refractivity contribution < 1.29 is 4.74 Å². The predicted molar refractivity (Wildman–Crippen MR) is 80.8 cm³/mol. The second-order valence-electron chi connectivity index (χ2n) is 4.90. The van der Waals surface area contributed by atoms with Gasteiger partial charge in [0.2, 0.25) is 0 Å². The van der Waals surface area contributed by atoms with E-state index < -0.39 is 0 Å². The van der Waals surface area contributed by atoms with E-state index in [1.165, 1.54) is 5.56 Å². The first-order valence-corrected chi connectivity index (χ1v) is 7.15. The molecule has 108 valence electrons. The van der Waals surface area contributed by atoms with Crippen molar-refractivity contribution in [3.63, 3.8) is 0 Å². The van der Waals surface area contributed by atoms with E-state index >= 15 is 0 Å². The molecule has 0 aliphatic carbocycles. The molecule has 0 saturated carbocycles. The molecular weight excluding hydrogens is 250 g/mol. The molecule has 0 saturated heterocycles. The van der Waals surface area contributed by atoms with Gasteiger partial charge in [-0.1, -0.05) is 30.3 Å². The van der Waals surface area contributed by atoms with Crippen molar-refractivity contribution in [1.82, 2.24) is 9.78 Å². The van der Waals surface area contributed by atoms with Crippen molar-refractivity contribution >= 4 is 0 Å². The Labute approximate surface area is 120 Å². The standard InChI is InChI=1S/C16H23N3O/c1-3-19-16(15(20-2)12-18-19)14(17)11-7-10-13-8-5-4-6-9-13/h4-6,8-9,12,14H,3,7,10-11,17H2,1-2H3. The highest BCUT2D eigenvalue weighted by Crippen LogP contribution is 2.26. The number of hydrogen-bond donors (Lipinski definition) is 1. The Bertz CT molecular complexity index is 500. The van der Waals surface area contributed by atoms with E-state index in [0.29, 0.717) is 0 Å². The molecule has 1 aromatic carbocycles. The molecule has 0 aliphatic rings. The van der Waals surface area contributed by atoms with Gasteiger partial charge >= 0.3 is 0 Å². The van der Waals surface area contributed by atoms with Crippen LogP contribution in [0.1, 0.15) is 37.1 Å². The summed E-state index contributed by atoms with van der Waals surface area (Å²) in [4.78, 5) is 0. The molecule has 20 heavy (non-hydrogen) atoms. The lowest BCUT2D eigenvalue weighted by molar-refractivity contribution is 0.398. The molecular formula is C16H23N3O. The van der Waals surface area contributed by atoms with Gasteiger partial charge in [0.15, 0.2) is 5.75 Å². The average Bonchev–Trinajstić information content (AvgIpc) is 2.91. The SMILES string of the molecule is CCn1ncc(OC)c1C(N)CCCc1ccccc1. The monoisotopic (exact) mass is 273 g/mol. The molecule has 4 nitrogen and oxygen atoms in total. The maximum atomic E-state index is 6.32. The summed E-state index contributed by atoms with van der Waals surface area (Å²) >= 11 is 0. The molecule has 0 radical (unpaired) electrons. The van der Waals surface area contributed by atoms with E-state index in [4.69, 9.17) is 10.5 Å². The molecule has 2 aromatic rings. The lowest BCUT2D eigenvalue weighted by atomic mass is 10.0. The van der Waals surface area contributed by atoms with Gasteiger partial charge in [-0.15, -0.1) is 0 Å². The van der Waals surface area contributed by atoms with Crippen molar-refractivity contribution in [1.29, 1.82) is 0 Å². The van der Waals surface area contributed by atoms with Crippen LogP contribution in [0.25, 0.3) is 0 Å². The Balaban J connectivity index is 1.94. The van der Waals surface area contributed by atoms with E-state index in [1.54, 1.807) is 13.3 Å². The molecule has 0 bridgehead atoms. The normalized spacial score (nSPS) is 12.3. The highest BCUT2D eigenvalue weighted by molar-refractivity contribution is 5.28. The lowest BCUT2D eigenvalue weighted by Crippen LogP contribution is -2.17. The van der Waals surface area contributed by atoms with Crippen LogP contribution in [0.3, 0.4) is 0 Å². The fourth-order valence-electron chi connectivity index (χ4n) is 2.47. The minimum atomic E-state index is -0.0314. The third kappa shape index (κ3) is 3.39. The minimum absolute atomic E-state index is 0.0314. The minimum Gasteiger partial charge on any atom is -0.493 e. The van der Waals surface area contributed by atoms with E-state index in [2.05, 4.69) is 36.3 Å². The van der Waals surface area contributed by atoms with Gasteiger partial charge in [-0.2, -0.15) is 5.10 Å². The Morgan fingerprint density at radius 1 is 1.30 bits per heavy atom. The van der Waals surface area contributed by atoms with Crippen LogP contribution in [-0.4, -0.2) is 16.9 Å². The summed E-state index contributed by atoms with van der Waals surface area (Å²) in [5.74, 6) is 0.791. The predicted octanol–water partition coefficient (Wildman–Crippen LogP) is 2.93. The molecule has 0 amide bonds.